The molecule has 7 nitrogen and oxygen atoms in total. The minimum atomic E-state index is -0.103. The van der Waals surface area contributed by atoms with Gasteiger partial charge in [0.25, 0.3) is 0 Å². The average molecular weight is 401 g/mol. The van der Waals surface area contributed by atoms with Gasteiger partial charge in [0, 0.05) is 11.7 Å². The van der Waals surface area contributed by atoms with E-state index in [4.69, 9.17) is 9.15 Å². The van der Waals surface area contributed by atoms with Gasteiger partial charge in [-0.15, -0.1) is 10.2 Å². The first-order chi connectivity index (χ1) is 13.5. The van der Waals surface area contributed by atoms with E-state index in [0.29, 0.717) is 11.8 Å². The number of furan rings is 1. The molecule has 3 rings (SSSR count). The number of carbonyl (C=O) groups excluding carboxylic acids is 1. The fourth-order valence-electron chi connectivity index (χ4n) is 2.77. The normalized spacial score (nSPS) is 11.0. The second-order valence-corrected chi connectivity index (χ2v) is 7.40. The SMILES string of the molecule is CCOc1ccc(NC(=O)CSc2nnc(-c3ccoc3C)n2C(C)C)cc1. The number of rotatable bonds is 8. The van der Waals surface area contributed by atoms with Crippen molar-refractivity contribution in [1.29, 1.82) is 0 Å². The number of carbonyl (C=O) groups is 1. The third-order valence-corrected chi connectivity index (χ3v) is 5.01. The molecule has 0 fully saturated rings. The number of nitrogens with one attached hydrogen (secondary N) is 1. The van der Waals surface area contributed by atoms with Crippen LogP contribution >= 0.6 is 11.8 Å². The van der Waals surface area contributed by atoms with Gasteiger partial charge in [-0.3, -0.25) is 9.36 Å². The van der Waals surface area contributed by atoms with E-state index in [2.05, 4.69) is 29.4 Å². The first-order valence-corrected chi connectivity index (χ1v) is 10.1. The third kappa shape index (κ3) is 4.56. The Labute approximate surface area is 168 Å². The van der Waals surface area contributed by atoms with Gasteiger partial charge in [0.2, 0.25) is 5.91 Å². The summed E-state index contributed by atoms with van der Waals surface area (Å²) in [4.78, 5) is 12.3. The highest BCUT2D eigenvalue weighted by molar-refractivity contribution is 7.99. The van der Waals surface area contributed by atoms with Crippen molar-refractivity contribution in [3.63, 3.8) is 0 Å². The van der Waals surface area contributed by atoms with E-state index in [0.717, 1.165) is 28.6 Å². The topological polar surface area (TPSA) is 82.2 Å². The van der Waals surface area contributed by atoms with E-state index in [9.17, 15) is 4.79 Å². The van der Waals surface area contributed by atoms with E-state index in [-0.39, 0.29) is 17.7 Å². The summed E-state index contributed by atoms with van der Waals surface area (Å²) in [6.07, 6.45) is 1.64. The number of hydrogen-bond acceptors (Lipinski definition) is 6. The van der Waals surface area contributed by atoms with Gasteiger partial charge < -0.3 is 14.5 Å². The van der Waals surface area contributed by atoms with Gasteiger partial charge in [-0.1, -0.05) is 11.8 Å². The van der Waals surface area contributed by atoms with E-state index in [1.165, 1.54) is 11.8 Å². The van der Waals surface area contributed by atoms with Crippen LogP contribution in [0.15, 0.2) is 46.2 Å². The quantitative estimate of drug-likeness (QED) is 0.558. The maximum Gasteiger partial charge on any atom is 0.234 e. The molecule has 0 atom stereocenters. The van der Waals surface area contributed by atoms with Crippen LogP contribution in [-0.2, 0) is 4.79 Å². The predicted molar refractivity (Wildman–Crippen MR) is 110 cm³/mol. The molecule has 0 unspecified atom stereocenters. The average Bonchev–Trinajstić information content (AvgIpc) is 3.27. The van der Waals surface area contributed by atoms with Crippen LogP contribution in [-0.4, -0.2) is 33.0 Å². The first kappa shape index (κ1) is 20.0. The van der Waals surface area contributed by atoms with Crippen molar-refractivity contribution in [2.24, 2.45) is 0 Å². The van der Waals surface area contributed by atoms with Crippen LogP contribution in [0.2, 0.25) is 0 Å². The van der Waals surface area contributed by atoms with Gasteiger partial charge in [-0.25, -0.2) is 0 Å². The van der Waals surface area contributed by atoms with Crippen molar-refractivity contribution in [3.05, 3.63) is 42.4 Å². The predicted octanol–water partition coefficient (Wildman–Crippen LogP) is 4.56. The molecule has 0 saturated heterocycles. The molecule has 0 aliphatic carbocycles. The van der Waals surface area contributed by atoms with Crippen molar-refractivity contribution >= 4 is 23.4 Å². The first-order valence-electron chi connectivity index (χ1n) is 9.14. The van der Waals surface area contributed by atoms with E-state index in [1.807, 2.05) is 48.7 Å². The molecular formula is C20H24N4O3S. The summed E-state index contributed by atoms with van der Waals surface area (Å²) < 4.78 is 12.8. The van der Waals surface area contributed by atoms with Crippen molar-refractivity contribution in [1.82, 2.24) is 14.8 Å². The zero-order valence-electron chi connectivity index (χ0n) is 16.4. The number of hydrogen-bond donors (Lipinski definition) is 1. The van der Waals surface area contributed by atoms with Crippen molar-refractivity contribution in [2.75, 3.05) is 17.7 Å². The van der Waals surface area contributed by atoms with Crippen LogP contribution in [0, 0.1) is 6.92 Å². The second-order valence-electron chi connectivity index (χ2n) is 6.45. The molecule has 0 saturated carbocycles. The summed E-state index contributed by atoms with van der Waals surface area (Å²) in [5.74, 6) is 2.45. The minimum Gasteiger partial charge on any atom is -0.494 e. The molecule has 28 heavy (non-hydrogen) atoms. The van der Waals surface area contributed by atoms with Crippen LogP contribution in [0.5, 0.6) is 5.75 Å². The molecule has 0 spiro atoms. The summed E-state index contributed by atoms with van der Waals surface area (Å²) in [6, 6.07) is 9.35. The molecule has 1 N–H and O–H groups in total. The van der Waals surface area contributed by atoms with E-state index < -0.39 is 0 Å². The smallest absolute Gasteiger partial charge is 0.234 e. The number of thioether (sulfide) groups is 1. The zero-order chi connectivity index (χ0) is 20.1. The highest BCUT2D eigenvalue weighted by Gasteiger charge is 2.20. The van der Waals surface area contributed by atoms with Gasteiger partial charge in [0.15, 0.2) is 11.0 Å². The Bertz CT molecular complexity index is 931. The Morgan fingerprint density at radius 1 is 1.25 bits per heavy atom. The number of ether oxygens (including phenoxy) is 1. The number of anilines is 1. The lowest BCUT2D eigenvalue weighted by Crippen LogP contribution is -2.15. The Kier molecular flexibility index (Phi) is 6.41. The van der Waals surface area contributed by atoms with Gasteiger partial charge in [-0.05, 0) is 58.0 Å². The van der Waals surface area contributed by atoms with Gasteiger partial charge in [0.05, 0.1) is 24.2 Å². The number of amides is 1. The largest absolute Gasteiger partial charge is 0.494 e. The molecule has 1 amide bonds. The van der Waals surface area contributed by atoms with Crippen LogP contribution in [0.4, 0.5) is 5.69 Å². The molecule has 148 valence electrons. The van der Waals surface area contributed by atoms with Crippen LogP contribution in [0.1, 0.15) is 32.6 Å². The fraction of sp³-hybridized carbons (Fsp3) is 0.350. The third-order valence-electron chi connectivity index (χ3n) is 4.06. The van der Waals surface area contributed by atoms with Gasteiger partial charge >= 0.3 is 0 Å². The standard InChI is InChI=1S/C20H24N4O3S/c1-5-26-16-8-6-15(7-9-16)21-18(25)12-28-20-23-22-19(24(20)13(2)3)17-10-11-27-14(17)4/h6-11,13H,5,12H2,1-4H3,(H,21,25). The molecule has 8 heteroatoms. The zero-order valence-corrected chi connectivity index (χ0v) is 17.2. The Balaban J connectivity index is 1.66. The summed E-state index contributed by atoms with van der Waals surface area (Å²) >= 11 is 1.36. The molecule has 2 heterocycles. The summed E-state index contributed by atoms with van der Waals surface area (Å²) in [7, 11) is 0. The molecule has 0 radical (unpaired) electrons. The summed E-state index contributed by atoms with van der Waals surface area (Å²) in [6.45, 7) is 8.56. The number of aryl methyl sites for hydroxylation is 1. The number of benzene rings is 1. The molecule has 0 bridgehead atoms. The fourth-order valence-corrected chi connectivity index (χ4v) is 3.64. The van der Waals surface area contributed by atoms with Crippen molar-refractivity contribution in [3.8, 4) is 17.1 Å². The Morgan fingerprint density at radius 3 is 2.61 bits per heavy atom. The van der Waals surface area contributed by atoms with Crippen LogP contribution in [0.3, 0.4) is 0 Å². The van der Waals surface area contributed by atoms with Gasteiger partial charge in [0.1, 0.15) is 11.5 Å². The summed E-state index contributed by atoms with van der Waals surface area (Å²) in [5, 5.41) is 12.2. The molecule has 0 aliphatic heterocycles. The number of aromatic nitrogens is 3. The lowest BCUT2D eigenvalue weighted by atomic mass is 10.2. The lowest BCUT2D eigenvalue weighted by molar-refractivity contribution is -0.113. The Morgan fingerprint density at radius 2 is 2.00 bits per heavy atom. The van der Waals surface area contributed by atoms with Crippen molar-refractivity contribution < 1.29 is 13.9 Å². The monoisotopic (exact) mass is 400 g/mol. The maximum atomic E-state index is 12.3. The second kappa shape index (κ2) is 8.97. The highest BCUT2D eigenvalue weighted by Crippen LogP contribution is 2.30. The molecule has 1 aromatic carbocycles. The molecule has 2 aromatic heterocycles. The highest BCUT2D eigenvalue weighted by atomic mass is 32.2. The van der Waals surface area contributed by atoms with Gasteiger partial charge in [-0.2, -0.15) is 0 Å². The lowest BCUT2D eigenvalue weighted by Gasteiger charge is -2.13. The van der Waals surface area contributed by atoms with Crippen LogP contribution in [0.25, 0.3) is 11.4 Å². The minimum absolute atomic E-state index is 0.103. The van der Waals surface area contributed by atoms with Crippen LogP contribution < -0.4 is 10.1 Å². The Hall–Kier alpha value is -2.74. The van der Waals surface area contributed by atoms with E-state index >= 15 is 0 Å². The maximum absolute atomic E-state index is 12.3. The molecular weight excluding hydrogens is 376 g/mol. The molecule has 0 aliphatic rings. The number of nitrogens with zero attached hydrogens (tertiary/aromatic N) is 3. The molecule has 3 aromatic rings. The summed E-state index contributed by atoms with van der Waals surface area (Å²) in [5.41, 5.74) is 1.64. The van der Waals surface area contributed by atoms with Crippen molar-refractivity contribution in [2.45, 2.75) is 38.9 Å². The van der Waals surface area contributed by atoms with E-state index in [1.54, 1.807) is 6.26 Å².